The Bertz CT molecular complexity index is 364. The van der Waals surface area contributed by atoms with Crippen LogP contribution in [0, 0.1) is 0 Å². The number of hydrogen-bond acceptors (Lipinski definition) is 1. The first kappa shape index (κ1) is 9.41. The molecule has 1 N–H and O–H groups in total. The van der Waals surface area contributed by atoms with Gasteiger partial charge in [0.05, 0.1) is 0 Å². The molecule has 0 heterocycles. The van der Waals surface area contributed by atoms with Gasteiger partial charge in [-0.2, -0.15) is 0 Å². The van der Waals surface area contributed by atoms with E-state index < -0.39 is 0 Å². The van der Waals surface area contributed by atoms with Crippen molar-refractivity contribution in [3.8, 4) is 0 Å². The molecule has 0 aromatic heterocycles. The van der Waals surface area contributed by atoms with Crippen molar-refractivity contribution in [3.63, 3.8) is 0 Å². The third-order valence-electron chi connectivity index (χ3n) is 4.14. The standard InChI is InChI=1S/C14H19N/c1-15-14-8-13(9-14)12-6-5-10-3-2-4-11(10)7-12/h5-7,13-15H,2-4,8-9H2,1H3. The number of hydrogen-bond donors (Lipinski definition) is 1. The van der Waals surface area contributed by atoms with Crippen LogP contribution in [0.25, 0.3) is 0 Å². The van der Waals surface area contributed by atoms with Crippen LogP contribution < -0.4 is 5.32 Å². The Morgan fingerprint density at radius 2 is 1.93 bits per heavy atom. The largest absolute Gasteiger partial charge is 0.317 e. The number of fused-ring (bicyclic) bond motifs is 1. The molecule has 1 heteroatoms. The van der Waals surface area contributed by atoms with Crippen LogP contribution in [-0.4, -0.2) is 13.1 Å². The number of nitrogens with one attached hydrogen (secondary N) is 1. The van der Waals surface area contributed by atoms with Crippen LogP contribution in [0.15, 0.2) is 18.2 Å². The molecule has 0 atom stereocenters. The maximum atomic E-state index is 3.35. The summed E-state index contributed by atoms with van der Waals surface area (Å²) in [6.45, 7) is 0. The average Bonchev–Trinajstić information content (AvgIpc) is 2.63. The van der Waals surface area contributed by atoms with Crippen LogP contribution in [0.1, 0.15) is 41.9 Å². The van der Waals surface area contributed by atoms with Crippen molar-refractivity contribution in [1.82, 2.24) is 5.32 Å². The molecule has 0 amide bonds. The van der Waals surface area contributed by atoms with E-state index in [1.54, 1.807) is 16.7 Å². The fraction of sp³-hybridized carbons (Fsp3) is 0.571. The lowest BCUT2D eigenvalue weighted by molar-refractivity contribution is 0.307. The molecule has 1 aromatic rings. The maximum absolute atomic E-state index is 3.35. The molecule has 3 rings (SSSR count). The maximum Gasteiger partial charge on any atom is 0.00757 e. The van der Waals surface area contributed by atoms with E-state index in [0.29, 0.717) is 0 Å². The van der Waals surface area contributed by atoms with Crippen LogP contribution in [0.2, 0.25) is 0 Å². The Kier molecular flexibility index (Phi) is 2.28. The van der Waals surface area contributed by atoms with E-state index in [4.69, 9.17) is 0 Å². The van der Waals surface area contributed by atoms with E-state index in [1.807, 2.05) is 0 Å². The summed E-state index contributed by atoms with van der Waals surface area (Å²) >= 11 is 0. The third kappa shape index (κ3) is 1.59. The van der Waals surface area contributed by atoms with Crippen LogP contribution in [0.3, 0.4) is 0 Å². The van der Waals surface area contributed by atoms with Gasteiger partial charge in [-0.05, 0) is 61.8 Å². The molecule has 0 radical (unpaired) electrons. The summed E-state index contributed by atoms with van der Waals surface area (Å²) in [5, 5.41) is 3.35. The SMILES string of the molecule is CNC1CC(c2ccc3c(c2)CCC3)C1. The normalized spacial score (nSPS) is 28.6. The van der Waals surface area contributed by atoms with E-state index in [9.17, 15) is 0 Å². The van der Waals surface area contributed by atoms with Gasteiger partial charge in [-0.3, -0.25) is 0 Å². The molecule has 2 aliphatic carbocycles. The van der Waals surface area contributed by atoms with E-state index in [0.717, 1.165) is 12.0 Å². The topological polar surface area (TPSA) is 12.0 Å². The third-order valence-corrected chi connectivity index (χ3v) is 4.14. The van der Waals surface area contributed by atoms with Crippen LogP contribution in [-0.2, 0) is 12.8 Å². The Hall–Kier alpha value is -0.820. The summed E-state index contributed by atoms with van der Waals surface area (Å²) < 4.78 is 0. The minimum atomic E-state index is 0.767. The summed E-state index contributed by atoms with van der Waals surface area (Å²) in [5.74, 6) is 0.827. The molecule has 0 bridgehead atoms. The first-order chi connectivity index (χ1) is 7.36. The molecule has 15 heavy (non-hydrogen) atoms. The van der Waals surface area contributed by atoms with Gasteiger partial charge in [0.15, 0.2) is 0 Å². The molecular formula is C14H19N. The first-order valence-corrected chi connectivity index (χ1v) is 6.16. The van der Waals surface area contributed by atoms with Gasteiger partial charge in [0.2, 0.25) is 0 Å². The summed E-state index contributed by atoms with van der Waals surface area (Å²) in [7, 11) is 2.07. The number of aryl methyl sites for hydroxylation is 2. The van der Waals surface area contributed by atoms with Gasteiger partial charge in [-0.15, -0.1) is 0 Å². The highest BCUT2D eigenvalue weighted by molar-refractivity contribution is 5.37. The molecule has 1 nitrogen and oxygen atoms in total. The number of rotatable bonds is 2. The summed E-state index contributed by atoms with van der Waals surface area (Å²) in [5.41, 5.74) is 4.81. The smallest absolute Gasteiger partial charge is 0.00757 e. The van der Waals surface area contributed by atoms with Gasteiger partial charge >= 0.3 is 0 Å². The molecule has 0 spiro atoms. The van der Waals surface area contributed by atoms with E-state index in [1.165, 1.54) is 32.1 Å². The van der Waals surface area contributed by atoms with Crippen molar-refractivity contribution in [1.29, 1.82) is 0 Å². The highest BCUT2D eigenvalue weighted by Gasteiger charge is 2.29. The monoisotopic (exact) mass is 201 g/mol. The second kappa shape index (κ2) is 3.64. The lowest BCUT2D eigenvalue weighted by atomic mass is 9.75. The molecule has 0 unspecified atom stereocenters. The molecule has 2 aliphatic rings. The fourth-order valence-electron chi connectivity index (χ4n) is 2.97. The Morgan fingerprint density at radius 1 is 1.13 bits per heavy atom. The molecule has 1 aromatic carbocycles. The van der Waals surface area contributed by atoms with Crippen LogP contribution in [0.5, 0.6) is 0 Å². The zero-order valence-corrected chi connectivity index (χ0v) is 9.42. The van der Waals surface area contributed by atoms with Crippen molar-refractivity contribution in [2.24, 2.45) is 0 Å². The van der Waals surface area contributed by atoms with Crippen molar-refractivity contribution >= 4 is 0 Å². The zero-order valence-electron chi connectivity index (χ0n) is 9.42. The minimum absolute atomic E-state index is 0.767. The van der Waals surface area contributed by atoms with Crippen molar-refractivity contribution in [2.75, 3.05) is 7.05 Å². The van der Waals surface area contributed by atoms with E-state index >= 15 is 0 Å². The molecule has 0 aliphatic heterocycles. The summed E-state index contributed by atoms with van der Waals surface area (Å²) in [6.07, 6.45) is 6.64. The molecule has 0 saturated heterocycles. The fourth-order valence-corrected chi connectivity index (χ4v) is 2.97. The minimum Gasteiger partial charge on any atom is -0.317 e. The van der Waals surface area contributed by atoms with Gasteiger partial charge in [0.25, 0.3) is 0 Å². The highest BCUT2D eigenvalue weighted by Crippen LogP contribution is 2.38. The molecule has 80 valence electrons. The number of benzene rings is 1. The summed E-state index contributed by atoms with van der Waals surface area (Å²) in [4.78, 5) is 0. The lowest BCUT2D eigenvalue weighted by Gasteiger charge is -2.35. The predicted octanol–water partition coefficient (Wildman–Crippen LogP) is 2.64. The van der Waals surface area contributed by atoms with Gasteiger partial charge in [0, 0.05) is 6.04 Å². The summed E-state index contributed by atoms with van der Waals surface area (Å²) in [6, 6.07) is 7.97. The van der Waals surface area contributed by atoms with Gasteiger partial charge < -0.3 is 5.32 Å². The first-order valence-electron chi connectivity index (χ1n) is 6.16. The van der Waals surface area contributed by atoms with Gasteiger partial charge in [0.1, 0.15) is 0 Å². The Balaban J connectivity index is 1.77. The average molecular weight is 201 g/mol. The molecule has 1 saturated carbocycles. The zero-order chi connectivity index (χ0) is 10.3. The van der Waals surface area contributed by atoms with Crippen LogP contribution >= 0.6 is 0 Å². The van der Waals surface area contributed by atoms with Crippen molar-refractivity contribution in [2.45, 2.75) is 44.1 Å². The Labute approximate surface area is 91.9 Å². The molecular weight excluding hydrogens is 182 g/mol. The second-order valence-corrected chi connectivity index (χ2v) is 5.04. The predicted molar refractivity (Wildman–Crippen MR) is 63.3 cm³/mol. The van der Waals surface area contributed by atoms with E-state index in [2.05, 4.69) is 30.6 Å². The highest BCUT2D eigenvalue weighted by atomic mass is 14.9. The Morgan fingerprint density at radius 3 is 2.73 bits per heavy atom. The molecule has 1 fully saturated rings. The van der Waals surface area contributed by atoms with Crippen LogP contribution in [0.4, 0.5) is 0 Å². The van der Waals surface area contributed by atoms with Gasteiger partial charge in [-0.25, -0.2) is 0 Å². The van der Waals surface area contributed by atoms with E-state index in [-0.39, 0.29) is 0 Å². The quantitative estimate of drug-likeness (QED) is 0.775. The lowest BCUT2D eigenvalue weighted by Crippen LogP contribution is -2.37. The van der Waals surface area contributed by atoms with Crippen molar-refractivity contribution in [3.05, 3.63) is 34.9 Å². The van der Waals surface area contributed by atoms with Gasteiger partial charge in [-0.1, -0.05) is 18.2 Å². The second-order valence-electron chi connectivity index (χ2n) is 5.04. The van der Waals surface area contributed by atoms with Crippen molar-refractivity contribution < 1.29 is 0 Å².